The van der Waals surface area contributed by atoms with Crippen molar-refractivity contribution in [2.24, 2.45) is 0 Å². The average Bonchev–Trinajstić information content (AvgIpc) is 2.36. The van der Waals surface area contributed by atoms with E-state index < -0.39 is 27.3 Å². The van der Waals surface area contributed by atoms with Gasteiger partial charge >= 0.3 is 5.97 Å². The minimum absolute atomic E-state index is 0.106. The summed E-state index contributed by atoms with van der Waals surface area (Å²) < 4.78 is 12.1. The zero-order chi connectivity index (χ0) is 13.7. The molecule has 0 aromatic carbocycles. The van der Waals surface area contributed by atoms with Crippen LogP contribution in [-0.2, 0) is 20.4 Å². The highest BCUT2D eigenvalue weighted by atomic mass is 32.2. The molecule has 0 aliphatic carbocycles. The van der Waals surface area contributed by atoms with E-state index in [1.807, 2.05) is 0 Å². The Hall–Kier alpha value is -0.910. The van der Waals surface area contributed by atoms with E-state index in [1.165, 1.54) is 0 Å². The van der Waals surface area contributed by atoms with Crippen molar-refractivity contribution in [1.29, 1.82) is 0 Å². The van der Waals surface area contributed by atoms with E-state index in [4.69, 9.17) is 5.11 Å². The number of carbonyl (C=O) groups excluding carboxylic acids is 1. The van der Waals surface area contributed by atoms with Crippen LogP contribution in [0.25, 0.3) is 0 Å². The van der Waals surface area contributed by atoms with E-state index >= 15 is 0 Å². The standard InChI is InChI=1S/C12H21NO4S/c1-9(8-11(14)15)18(17)10(2)12(16)13-6-4-3-5-7-13/h9-10H,3-8H2,1-2H3,(H,14,15). The number of aliphatic carboxylic acids is 1. The fourth-order valence-corrected chi connectivity index (χ4v) is 3.50. The lowest BCUT2D eigenvalue weighted by molar-refractivity contribution is -0.137. The Balaban J connectivity index is 2.56. The Morgan fingerprint density at radius 3 is 2.28 bits per heavy atom. The van der Waals surface area contributed by atoms with Crippen LogP contribution in [0.15, 0.2) is 0 Å². The van der Waals surface area contributed by atoms with Crippen molar-refractivity contribution < 1.29 is 18.9 Å². The fourth-order valence-electron chi connectivity index (χ4n) is 2.15. The Morgan fingerprint density at radius 1 is 1.22 bits per heavy atom. The van der Waals surface area contributed by atoms with Gasteiger partial charge < -0.3 is 10.0 Å². The monoisotopic (exact) mass is 275 g/mol. The van der Waals surface area contributed by atoms with Crippen LogP contribution in [0.1, 0.15) is 39.5 Å². The van der Waals surface area contributed by atoms with Crippen LogP contribution in [-0.4, -0.2) is 49.7 Å². The number of carbonyl (C=O) groups is 2. The Morgan fingerprint density at radius 2 is 1.78 bits per heavy atom. The van der Waals surface area contributed by atoms with Gasteiger partial charge in [0.15, 0.2) is 0 Å². The van der Waals surface area contributed by atoms with Gasteiger partial charge in [0.05, 0.1) is 6.42 Å². The van der Waals surface area contributed by atoms with E-state index in [0.29, 0.717) is 0 Å². The maximum atomic E-state index is 12.1. The second-order valence-electron chi connectivity index (χ2n) is 4.77. The SMILES string of the molecule is CC(CC(=O)O)S(=O)C(C)C(=O)N1CCCCC1. The Labute approximate surface area is 110 Å². The zero-order valence-electron chi connectivity index (χ0n) is 10.9. The molecule has 3 unspecified atom stereocenters. The molecule has 0 spiro atoms. The third-order valence-corrected chi connectivity index (χ3v) is 5.08. The van der Waals surface area contributed by atoms with Gasteiger partial charge in [-0.2, -0.15) is 0 Å². The first-order chi connectivity index (χ1) is 8.43. The van der Waals surface area contributed by atoms with Gasteiger partial charge in [0.25, 0.3) is 0 Å². The Kier molecular flexibility index (Phi) is 5.78. The van der Waals surface area contributed by atoms with Gasteiger partial charge in [0, 0.05) is 29.1 Å². The lowest BCUT2D eigenvalue weighted by atomic mass is 10.1. The molecule has 1 saturated heterocycles. The van der Waals surface area contributed by atoms with Crippen LogP contribution in [0.5, 0.6) is 0 Å². The summed E-state index contributed by atoms with van der Waals surface area (Å²) in [5.74, 6) is -1.08. The van der Waals surface area contributed by atoms with Crippen molar-refractivity contribution in [2.45, 2.75) is 50.0 Å². The van der Waals surface area contributed by atoms with Crippen LogP contribution in [0, 0.1) is 0 Å². The highest BCUT2D eigenvalue weighted by molar-refractivity contribution is 7.87. The van der Waals surface area contributed by atoms with Crippen LogP contribution < -0.4 is 0 Å². The van der Waals surface area contributed by atoms with Crippen molar-refractivity contribution >= 4 is 22.7 Å². The van der Waals surface area contributed by atoms with Crippen molar-refractivity contribution in [3.63, 3.8) is 0 Å². The summed E-state index contributed by atoms with van der Waals surface area (Å²) in [5.41, 5.74) is 0. The molecule has 0 radical (unpaired) electrons. The number of piperidine rings is 1. The Bertz CT molecular complexity index is 339. The quantitative estimate of drug-likeness (QED) is 0.812. The molecule has 6 heteroatoms. The van der Waals surface area contributed by atoms with Crippen LogP contribution in [0.3, 0.4) is 0 Å². The molecule has 3 atom stereocenters. The van der Waals surface area contributed by atoms with E-state index in [2.05, 4.69) is 0 Å². The van der Waals surface area contributed by atoms with Crippen molar-refractivity contribution in [3.05, 3.63) is 0 Å². The molecule has 1 fully saturated rings. The van der Waals surface area contributed by atoms with E-state index in [1.54, 1.807) is 18.7 Å². The number of amides is 1. The normalized spacial score (nSPS) is 21.1. The molecule has 1 N–H and O–H groups in total. The van der Waals surface area contributed by atoms with Crippen LogP contribution in [0.4, 0.5) is 0 Å². The number of hydrogen-bond donors (Lipinski definition) is 1. The van der Waals surface area contributed by atoms with Gasteiger partial charge in [-0.15, -0.1) is 0 Å². The predicted octanol–water partition coefficient (Wildman–Crippen LogP) is 0.999. The molecule has 0 bridgehead atoms. The number of carboxylic acid groups (broad SMARTS) is 1. The summed E-state index contributed by atoms with van der Waals surface area (Å²) in [5, 5.41) is 7.56. The molecule has 0 saturated carbocycles. The third-order valence-electron chi connectivity index (χ3n) is 3.22. The second kappa shape index (κ2) is 6.87. The molecule has 0 aromatic rings. The van der Waals surface area contributed by atoms with Crippen molar-refractivity contribution in [1.82, 2.24) is 4.90 Å². The summed E-state index contributed by atoms with van der Waals surface area (Å²) in [7, 11) is -1.43. The molecule has 5 nitrogen and oxygen atoms in total. The molecule has 104 valence electrons. The lowest BCUT2D eigenvalue weighted by Gasteiger charge is -2.29. The predicted molar refractivity (Wildman–Crippen MR) is 69.8 cm³/mol. The first kappa shape index (κ1) is 15.1. The number of likely N-dealkylation sites (tertiary alicyclic amines) is 1. The van der Waals surface area contributed by atoms with Gasteiger partial charge in [0.2, 0.25) is 5.91 Å². The number of rotatable bonds is 5. The molecule has 0 aromatic heterocycles. The van der Waals surface area contributed by atoms with Crippen LogP contribution in [0.2, 0.25) is 0 Å². The average molecular weight is 275 g/mol. The fraction of sp³-hybridized carbons (Fsp3) is 0.833. The topological polar surface area (TPSA) is 74.7 Å². The summed E-state index contributed by atoms with van der Waals surface area (Å²) in [6.45, 7) is 4.71. The van der Waals surface area contributed by atoms with Gasteiger partial charge in [-0.1, -0.05) is 6.92 Å². The largest absolute Gasteiger partial charge is 0.481 e. The molecular formula is C12H21NO4S. The van der Waals surface area contributed by atoms with Gasteiger partial charge in [-0.25, -0.2) is 0 Å². The molecular weight excluding hydrogens is 254 g/mol. The van der Waals surface area contributed by atoms with E-state index in [-0.39, 0.29) is 12.3 Å². The summed E-state index contributed by atoms with van der Waals surface area (Å²) in [6, 6.07) is 0. The lowest BCUT2D eigenvalue weighted by Crippen LogP contribution is -2.44. The number of nitrogens with zero attached hydrogens (tertiary/aromatic N) is 1. The molecule has 1 aliphatic heterocycles. The number of hydrogen-bond acceptors (Lipinski definition) is 3. The highest BCUT2D eigenvalue weighted by Gasteiger charge is 2.29. The summed E-state index contributed by atoms with van der Waals surface area (Å²) in [6.07, 6.45) is 2.96. The first-order valence-corrected chi connectivity index (χ1v) is 7.61. The zero-order valence-corrected chi connectivity index (χ0v) is 11.7. The third kappa shape index (κ3) is 4.08. The van der Waals surface area contributed by atoms with Gasteiger partial charge in [-0.05, 0) is 26.2 Å². The molecule has 1 amide bonds. The summed E-state index contributed by atoms with van der Waals surface area (Å²) in [4.78, 5) is 24.4. The van der Waals surface area contributed by atoms with E-state index in [0.717, 1.165) is 32.4 Å². The van der Waals surface area contributed by atoms with E-state index in [9.17, 15) is 13.8 Å². The molecule has 1 aliphatic rings. The molecule has 18 heavy (non-hydrogen) atoms. The van der Waals surface area contributed by atoms with Crippen molar-refractivity contribution in [2.75, 3.05) is 13.1 Å². The van der Waals surface area contributed by atoms with Gasteiger partial charge in [0.1, 0.15) is 5.25 Å². The van der Waals surface area contributed by atoms with Crippen LogP contribution >= 0.6 is 0 Å². The highest BCUT2D eigenvalue weighted by Crippen LogP contribution is 2.15. The summed E-state index contributed by atoms with van der Waals surface area (Å²) >= 11 is 0. The second-order valence-corrected chi connectivity index (χ2v) is 6.93. The first-order valence-electron chi connectivity index (χ1n) is 6.33. The number of carboxylic acids is 1. The van der Waals surface area contributed by atoms with Gasteiger partial charge in [-0.3, -0.25) is 13.8 Å². The van der Waals surface area contributed by atoms with Crippen molar-refractivity contribution in [3.8, 4) is 0 Å². The minimum Gasteiger partial charge on any atom is -0.481 e. The maximum absolute atomic E-state index is 12.1. The smallest absolute Gasteiger partial charge is 0.304 e. The molecule has 1 rings (SSSR count). The molecule has 1 heterocycles. The maximum Gasteiger partial charge on any atom is 0.304 e. The minimum atomic E-state index is -1.43.